The van der Waals surface area contributed by atoms with Gasteiger partial charge >= 0.3 is 0 Å². The third kappa shape index (κ3) is 5.88. The van der Waals surface area contributed by atoms with Gasteiger partial charge in [0.05, 0.1) is 13.1 Å². The Morgan fingerprint density at radius 3 is 2.54 bits per heavy atom. The van der Waals surface area contributed by atoms with E-state index >= 15 is 0 Å². The van der Waals surface area contributed by atoms with Gasteiger partial charge in [0, 0.05) is 11.6 Å². The van der Waals surface area contributed by atoms with Crippen LogP contribution in [0.5, 0.6) is 0 Å². The van der Waals surface area contributed by atoms with E-state index in [1.807, 2.05) is 45.9 Å². The van der Waals surface area contributed by atoms with Gasteiger partial charge in [-0.1, -0.05) is 30.3 Å². The fourth-order valence-electron chi connectivity index (χ4n) is 2.66. The highest BCUT2D eigenvalue weighted by Crippen LogP contribution is 2.22. The van der Waals surface area contributed by atoms with Crippen LogP contribution in [0.25, 0.3) is 0 Å². The summed E-state index contributed by atoms with van der Waals surface area (Å²) in [5, 5.41) is 9.89. The first kappa shape index (κ1) is 21.6. The van der Waals surface area contributed by atoms with Crippen LogP contribution in [0.2, 0.25) is 0 Å². The number of hydrogen-bond acceptors (Lipinski definition) is 6. The summed E-state index contributed by atoms with van der Waals surface area (Å²) in [7, 11) is 1.81. The Balaban J connectivity index is 2.03. The van der Waals surface area contributed by atoms with Crippen LogP contribution in [0.15, 0.2) is 34.9 Å². The van der Waals surface area contributed by atoms with Gasteiger partial charge in [0.2, 0.25) is 11.8 Å². The minimum absolute atomic E-state index is 0.0641. The lowest BCUT2D eigenvalue weighted by molar-refractivity contribution is -0.122. The number of nitrogens with zero attached hydrogens (tertiary/aromatic N) is 3. The van der Waals surface area contributed by atoms with Crippen LogP contribution in [0.4, 0.5) is 0 Å². The lowest BCUT2D eigenvalue weighted by Crippen LogP contribution is -2.44. The fraction of sp³-hybridized carbons (Fsp3) is 0.500. The molecule has 0 saturated carbocycles. The van der Waals surface area contributed by atoms with Gasteiger partial charge in [0.25, 0.3) is 5.91 Å². The highest BCUT2D eigenvalue weighted by molar-refractivity contribution is 5.94. The number of carbonyl (C=O) groups excluding carboxylic acids is 2. The maximum atomic E-state index is 12.5. The predicted molar refractivity (Wildman–Crippen MR) is 105 cm³/mol. The SMILES string of the molecule is CCC(C)(NC(=O)c1ccccc1)c1noc(CN(C)CC(=O)NC(C)C)n1. The van der Waals surface area contributed by atoms with Gasteiger partial charge in [-0.3, -0.25) is 14.5 Å². The van der Waals surface area contributed by atoms with Crippen LogP contribution < -0.4 is 10.6 Å². The minimum atomic E-state index is -0.762. The Labute approximate surface area is 165 Å². The van der Waals surface area contributed by atoms with Gasteiger partial charge in [-0.2, -0.15) is 4.98 Å². The monoisotopic (exact) mass is 387 g/mol. The van der Waals surface area contributed by atoms with E-state index in [1.165, 1.54) is 0 Å². The van der Waals surface area contributed by atoms with Crippen LogP contribution in [-0.4, -0.2) is 46.5 Å². The van der Waals surface area contributed by atoms with E-state index in [1.54, 1.807) is 24.1 Å². The van der Waals surface area contributed by atoms with Gasteiger partial charge in [0.1, 0.15) is 5.54 Å². The minimum Gasteiger partial charge on any atom is -0.353 e. The number of benzene rings is 1. The van der Waals surface area contributed by atoms with Crippen molar-refractivity contribution in [1.29, 1.82) is 0 Å². The molecule has 8 heteroatoms. The molecule has 1 unspecified atom stereocenters. The third-order valence-electron chi connectivity index (χ3n) is 4.36. The Morgan fingerprint density at radius 2 is 1.93 bits per heavy atom. The van der Waals surface area contributed by atoms with E-state index in [0.717, 1.165) is 0 Å². The van der Waals surface area contributed by atoms with Crippen molar-refractivity contribution in [1.82, 2.24) is 25.7 Å². The second-order valence-corrected chi connectivity index (χ2v) is 7.41. The largest absolute Gasteiger partial charge is 0.353 e. The number of carbonyl (C=O) groups is 2. The van der Waals surface area contributed by atoms with Crippen molar-refractivity contribution in [3.05, 3.63) is 47.6 Å². The second-order valence-electron chi connectivity index (χ2n) is 7.41. The Bertz CT molecular complexity index is 790. The first-order valence-corrected chi connectivity index (χ1v) is 9.42. The van der Waals surface area contributed by atoms with E-state index in [0.29, 0.717) is 30.2 Å². The van der Waals surface area contributed by atoms with Crippen molar-refractivity contribution in [2.24, 2.45) is 0 Å². The van der Waals surface area contributed by atoms with Crippen molar-refractivity contribution in [2.45, 2.75) is 52.2 Å². The lowest BCUT2D eigenvalue weighted by Gasteiger charge is -2.26. The maximum Gasteiger partial charge on any atom is 0.252 e. The molecule has 152 valence electrons. The molecule has 0 fully saturated rings. The van der Waals surface area contributed by atoms with Crippen molar-refractivity contribution in [3.8, 4) is 0 Å². The average Bonchev–Trinajstić information content (AvgIpc) is 3.10. The van der Waals surface area contributed by atoms with Gasteiger partial charge < -0.3 is 15.2 Å². The van der Waals surface area contributed by atoms with Crippen LogP contribution in [0.3, 0.4) is 0 Å². The first-order chi connectivity index (χ1) is 13.2. The standard InChI is InChI=1S/C20H29N5O3/c1-6-20(4,23-18(27)15-10-8-7-9-11-15)19-22-17(28-24-19)13-25(5)12-16(26)21-14(2)3/h7-11,14H,6,12-13H2,1-5H3,(H,21,26)(H,23,27). The lowest BCUT2D eigenvalue weighted by atomic mass is 9.97. The summed E-state index contributed by atoms with van der Waals surface area (Å²) < 4.78 is 5.35. The molecule has 2 N–H and O–H groups in total. The molecular formula is C20H29N5O3. The zero-order valence-corrected chi connectivity index (χ0v) is 17.2. The van der Waals surface area contributed by atoms with E-state index < -0.39 is 5.54 Å². The smallest absolute Gasteiger partial charge is 0.252 e. The highest BCUT2D eigenvalue weighted by Gasteiger charge is 2.32. The normalized spacial score (nSPS) is 13.4. The molecular weight excluding hydrogens is 358 g/mol. The van der Waals surface area contributed by atoms with E-state index in [2.05, 4.69) is 20.8 Å². The highest BCUT2D eigenvalue weighted by atomic mass is 16.5. The van der Waals surface area contributed by atoms with Crippen molar-refractivity contribution in [3.63, 3.8) is 0 Å². The molecule has 28 heavy (non-hydrogen) atoms. The molecule has 8 nitrogen and oxygen atoms in total. The molecule has 0 bridgehead atoms. The molecule has 2 amide bonds. The Kier molecular flexibility index (Phi) is 7.28. The third-order valence-corrected chi connectivity index (χ3v) is 4.36. The van der Waals surface area contributed by atoms with E-state index in [9.17, 15) is 9.59 Å². The van der Waals surface area contributed by atoms with Crippen LogP contribution >= 0.6 is 0 Å². The number of nitrogens with one attached hydrogen (secondary N) is 2. The average molecular weight is 387 g/mol. The number of hydrogen-bond donors (Lipinski definition) is 2. The van der Waals surface area contributed by atoms with Crippen molar-refractivity contribution >= 4 is 11.8 Å². The molecule has 1 aromatic carbocycles. The van der Waals surface area contributed by atoms with Crippen LogP contribution in [-0.2, 0) is 16.9 Å². The van der Waals surface area contributed by atoms with Crippen LogP contribution in [0, 0.1) is 0 Å². The molecule has 0 saturated heterocycles. The summed E-state index contributed by atoms with van der Waals surface area (Å²) in [6.07, 6.45) is 0.594. The van der Waals surface area contributed by atoms with Gasteiger partial charge in [-0.05, 0) is 46.4 Å². The van der Waals surface area contributed by atoms with Crippen molar-refractivity contribution < 1.29 is 14.1 Å². The van der Waals surface area contributed by atoms with Gasteiger partial charge in [0.15, 0.2) is 5.82 Å². The molecule has 0 aliphatic rings. The molecule has 1 heterocycles. The van der Waals surface area contributed by atoms with Crippen molar-refractivity contribution in [2.75, 3.05) is 13.6 Å². The Hall–Kier alpha value is -2.74. The predicted octanol–water partition coefficient (Wildman–Crippen LogP) is 2.08. The summed E-state index contributed by atoms with van der Waals surface area (Å²) in [6, 6.07) is 9.09. The summed E-state index contributed by atoms with van der Waals surface area (Å²) >= 11 is 0. The zero-order valence-electron chi connectivity index (χ0n) is 17.2. The van der Waals surface area contributed by atoms with E-state index in [4.69, 9.17) is 4.52 Å². The maximum absolute atomic E-state index is 12.5. The summed E-state index contributed by atoms with van der Waals surface area (Å²) in [4.78, 5) is 30.6. The number of rotatable bonds is 9. The molecule has 0 spiro atoms. The summed E-state index contributed by atoms with van der Waals surface area (Å²) in [5.74, 6) is 0.544. The number of likely N-dealkylation sites (N-methyl/N-ethyl adjacent to an activating group) is 1. The Morgan fingerprint density at radius 1 is 1.25 bits per heavy atom. The van der Waals surface area contributed by atoms with Crippen LogP contribution in [0.1, 0.15) is 56.2 Å². The zero-order chi connectivity index (χ0) is 20.7. The summed E-state index contributed by atoms with van der Waals surface area (Å²) in [6.45, 7) is 8.21. The topological polar surface area (TPSA) is 100 Å². The molecule has 2 aromatic rings. The van der Waals surface area contributed by atoms with Gasteiger partial charge in [-0.15, -0.1) is 0 Å². The fourth-order valence-corrected chi connectivity index (χ4v) is 2.66. The van der Waals surface area contributed by atoms with Gasteiger partial charge in [-0.25, -0.2) is 0 Å². The molecule has 2 rings (SSSR count). The summed E-state index contributed by atoms with van der Waals surface area (Å²) in [5.41, 5.74) is -0.191. The molecule has 0 radical (unpaired) electrons. The second kappa shape index (κ2) is 9.45. The number of amides is 2. The van der Waals surface area contributed by atoms with E-state index in [-0.39, 0.29) is 24.4 Å². The first-order valence-electron chi connectivity index (χ1n) is 9.42. The number of aromatic nitrogens is 2. The quantitative estimate of drug-likeness (QED) is 0.683. The molecule has 0 aliphatic carbocycles. The molecule has 1 aromatic heterocycles. The molecule has 0 aliphatic heterocycles. The molecule has 1 atom stereocenters.